The Morgan fingerprint density at radius 1 is 1.21 bits per heavy atom. The summed E-state index contributed by atoms with van der Waals surface area (Å²) < 4.78 is 0. The second kappa shape index (κ2) is 6.37. The van der Waals surface area contributed by atoms with Crippen molar-refractivity contribution in [1.82, 2.24) is 10.6 Å². The van der Waals surface area contributed by atoms with Crippen molar-refractivity contribution in [2.75, 3.05) is 13.1 Å². The van der Waals surface area contributed by atoms with E-state index in [4.69, 9.17) is 5.11 Å². The molecule has 0 aromatic heterocycles. The average Bonchev–Trinajstić information content (AvgIpc) is 2.60. The summed E-state index contributed by atoms with van der Waals surface area (Å²) in [5.41, 5.74) is -0.188. The summed E-state index contributed by atoms with van der Waals surface area (Å²) >= 11 is 0. The van der Waals surface area contributed by atoms with Crippen LogP contribution in [0.5, 0.6) is 0 Å². The van der Waals surface area contributed by atoms with Gasteiger partial charge in [-0.3, -0.25) is 9.59 Å². The SMILES string of the molecule is O=C(O)CC1(CNC(=O)C2CCCCCN2)CCC1. The quantitative estimate of drug-likeness (QED) is 0.702. The molecule has 1 amide bonds. The van der Waals surface area contributed by atoms with E-state index in [0.717, 1.165) is 45.1 Å². The second-order valence-corrected chi connectivity index (χ2v) is 6.00. The number of amides is 1. The fourth-order valence-electron chi connectivity index (χ4n) is 3.06. The maximum Gasteiger partial charge on any atom is 0.303 e. The maximum atomic E-state index is 12.1. The maximum absolute atomic E-state index is 12.1. The molecule has 1 aliphatic heterocycles. The van der Waals surface area contributed by atoms with Gasteiger partial charge in [-0.05, 0) is 37.6 Å². The van der Waals surface area contributed by atoms with Crippen molar-refractivity contribution in [2.24, 2.45) is 5.41 Å². The van der Waals surface area contributed by atoms with Crippen molar-refractivity contribution in [2.45, 2.75) is 57.4 Å². The van der Waals surface area contributed by atoms with Gasteiger partial charge in [0.2, 0.25) is 5.91 Å². The van der Waals surface area contributed by atoms with Gasteiger partial charge in [-0.25, -0.2) is 0 Å². The van der Waals surface area contributed by atoms with Crippen LogP contribution >= 0.6 is 0 Å². The topological polar surface area (TPSA) is 78.4 Å². The van der Waals surface area contributed by atoms with Crippen LogP contribution in [0.1, 0.15) is 51.4 Å². The van der Waals surface area contributed by atoms with Gasteiger partial charge in [-0.2, -0.15) is 0 Å². The van der Waals surface area contributed by atoms with Crippen molar-refractivity contribution < 1.29 is 14.7 Å². The van der Waals surface area contributed by atoms with Crippen LogP contribution in [0.2, 0.25) is 0 Å². The molecule has 2 fully saturated rings. The van der Waals surface area contributed by atoms with Crippen LogP contribution in [0.15, 0.2) is 0 Å². The standard InChI is InChI=1S/C14H24N2O3/c17-12(18)9-14(6-4-7-14)10-16-13(19)11-5-2-1-3-8-15-11/h11,15H,1-10H2,(H,16,19)(H,17,18). The molecule has 1 saturated heterocycles. The molecule has 0 radical (unpaired) electrons. The summed E-state index contributed by atoms with van der Waals surface area (Å²) in [7, 11) is 0. The molecule has 0 aromatic rings. The molecule has 1 heterocycles. The first-order valence-electron chi connectivity index (χ1n) is 7.34. The molecule has 1 aliphatic carbocycles. The zero-order valence-corrected chi connectivity index (χ0v) is 11.4. The van der Waals surface area contributed by atoms with Gasteiger partial charge in [0.1, 0.15) is 0 Å². The Hall–Kier alpha value is -1.10. The Labute approximate surface area is 114 Å². The summed E-state index contributed by atoms with van der Waals surface area (Å²) in [6, 6.07) is -0.0931. The van der Waals surface area contributed by atoms with Crippen LogP contribution in [-0.2, 0) is 9.59 Å². The highest BCUT2D eigenvalue weighted by Crippen LogP contribution is 2.43. The van der Waals surface area contributed by atoms with Gasteiger partial charge in [-0.15, -0.1) is 0 Å². The predicted molar refractivity (Wildman–Crippen MR) is 71.8 cm³/mol. The van der Waals surface area contributed by atoms with E-state index >= 15 is 0 Å². The molecule has 0 spiro atoms. The van der Waals surface area contributed by atoms with Crippen LogP contribution < -0.4 is 10.6 Å². The monoisotopic (exact) mass is 268 g/mol. The van der Waals surface area contributed by atoms with Crippen LogP contribution in [-0.4, -0.2) is 36.1 Å². The first kappa shape index (κ1) is 14.3. The van der Waals surface area contributed by atoms with Crippen molar-refractivity contribution in [3.63, 3.8) is 0 Å². The zero-order valence-electron chi connectivity index (χ0n) is 11.4. The minimum atomic E-state index is -0.762. The normalized spacial score (nSPS) is 26.0. The number of nitrogens with one attached hydrogen (secondary N) is 2. The van der Waals surface area contributed by atoms with E-state index in [0.29, 0.717) is 6.54 Å². The lowest BCUT2D eigenvalue weighted by atomic mass is 9.66. The van der Waals surface area contributed by atoms with Crippen LogP contribution in [0.4, 0.5) is 0 Å². The smallest absolute Gasteiger partial charge is 0.303 e. The van der Waals surface area contributed by atoms with Gasteiger partial charge in [-0.1, -0.05) is 19.3 Å². The molecule has 108 valence electrons. The highest BCUT2D eigenvalue weighted by molar-refractivity contribution is 5.81. The summed E-state index contributed by atoms with van der Waals surface area (Å²) in [6.07, 6.45) is 7.36. The lowest BCUT2D eigenvalue weighted by Crippen LogP contribution is -2.49. The van der Waals surface area contributed by atoms with E-state index in [-0.39, 0.29) is 23.8 Å². The van der Waals surface area contributed by atoms with Gasteiger partial charge < -0.3 is 15.7 Å². The summed E-state index contributed by atoms with van der Waals surface area (Å²) in [6.45, 7) is 1.41. The van der Waals surface area contributed by atoms with Crippen molar-refractivity contribution >= 4 is 11.9 Å². The van der Waals surface area contributed by atoms with Gasteiger partial charge in [0.15, 0.2) is 0 Å². The van der Waals surface area contributed by atoms with Crippen molar-refractivity contribution in [3.05, 3.63) is 0 Å². The molecule has 3 N–H and O–H groups in total. The van der Waals surface area contributed by atoms with E-state index < -0.39 is 5.97 Å². The number of carboxylic acid groups (broad SMARTS) is 1. The molecule has 19 heavy (non-hydrogen) atoms. The first-order chi connectivity index (χ1) is 9.11. The second-order valence-electron chi connectivity index (χ2n) is 6.00. The predicted octanol–water partition coefficient (Wildman–Crippen LogP) is 1.28. The number of hydrogen-bond acceptors (Lipinski definition) is 3. The van der Waals surface area contributed by atoms with Crippen molar-refractivity contribution in [3.8, 4) is 0 Å². The minimum Gasteiger partial charge on any atom is -0.481 e. The molecule has 5 nitrogen and oxygen atoms in total. The fourth-order valence-corrected chi connectivity index (χ4v) is 3.06. The zero-order chi connectivity index (χ0) is 13.7. The van der Waals surface area contributed by atoms with E-state index in [1.54, 1.807) is 0 Å². The Morgan fingerprint density at radius 2 is 2.00 bits per heavy atom. The molecule has 5 heteroatoms. The third-order valence-corrected chi connectivity index (χ3v) is 4.45. The Bertz CT molecular complexity index is 332. The van der Waals surface area contributed by atoms with Gasteiger partial charge in [0.25, 0.3) is 0 Å². The number of carbonyl (C=O) groups excluding carboxylic acids is 1. The van der Waals surface area contributed by atoms with Crippen LogP contribution in [0, 0.1) is 5.41 Å². The third-order valence-electron chi connectivity index (χ3n) is 4.45. The largest absolute Gasteiger partial charge is 0.481 e. The molecular weight excluding hydrogens is 244 g/mol. The lowest BCUT2D eigenvalue weighted by molar-refractivity contribution is -0.142. The lowest BCUT2D eigenvalue weighted by Gasteiger charge is -2.41. The molecule has 2 rings (SSSR count). The number of rotatable bonds is 5. The summed E-state index contributed by atoms with van der Waals surface area (Å²) in [5, 5.41) is 15.2. The molecule has 2 aliphatic rings. The van der Waals surface area contributed by atoms with E-state index in [2.05, 4.69) is 10.6 Å². The number of aliphatic carboxylic acids is 1. The molecule has 0 aromatic carbocycles. The molecular formula is C14H24N2O3. The number of carboxylic acids is 1. The van der Waals surface area contributed by atoms with E-state index in [1.807, 2.05) is 0 Å². The molecule has 0 bridgehead atoms. The third kappa shape index (κ3) is 3.93. The van der Waals surface area contributed by atoms with Crippen LogP contribution in [0.3, 0.4) is 0 Å². The van der Waals surface area contributed by atoms with Gasteiger partial charge in [0, 0.05) is 6.54 Å². The van der Waals surface area contributed by atoms with Gasteiger partial charge in [0.05, 0.1) is 12.5 Å². The highest BCUT2D eigenvalue weighted by Gasteiger charge is 2.39. The molecule has 1 saturated carbocycles. The Morgan fingerprint density at radius 3 is 2.63 bits per heavy atom. The average molecular weight is 268 g/mol. The minimum absolute atomic E-state index is 0.0403. The molecule has 1 unspecified atom stereocenters. The van der Waals surface area contributed by atoms with Crippen molar-refractivity contribution in [1.29, 1.82) is 0 Å². The summed E-state index contributed by atoms with van der Waals surface area (Å²) in [5.74, 6) is -0.722. The first-order valence-corrected chi connectivity index (χ1v) is 7.34. The Kier molecular flexibility index (Phi) is 4.80. The fraction of sp³-hybridized carbons (Fsp3) is 0.857. The van der Waals surface area contributed by atoms with E-state index in [1.165, 1.54) is 6.42 Å². The molecule has 1 atom stereocenters. The van der Waals surface area contributed by atoms with Gasteiger partial charge >= 0.3 is 5.97 Å². The summed E-state index contributed by atoms with van der Waals surface area (Å²) in [4.78, 5) is 23.0. The highest BCUT2D eigenvalue weighted by atomic mass is 16.4. The Balaban J connectivity index is 1.79. The van der Waals surface area contributed by atoms with E-state index in [9.17, 15) is 9.59 Å². The van der Waals surface area contributed by atoms with Crippen LogP contribution in [0.25, 0.3) is 0 Å². The number of carbonyl (C=O) groups is 2. The number of hydrogen-bond donors (Lipinski definition) is 3.